The fourth-order valence-corrected chi connectivity index (χ4v) is 4.59. The van der Waals surface area contributed by atoms with Crippen LogP contribution in [0.5, 0.6) is 23.0 Å². The number of nitrogens with zero attached hydrogens (tertiary/aromatic N) is 5. The van der Waals surface area contributed by atoms with Gasteiger partial charge in [-0.1, -0.05) is 0 Å². The van der Waals surface area contributed by atoms with E-state index in [1.807, 2.05) is 36.4 Å². The standard InChI is InChI=1S/C28H32N6O5/c1-35-20-9-7-19(8-10-20)31-27-24-26(30-12-11-29-24)32-28(33-27)34(17-21-6-5-13-39-21)16-18-14-22(36-2)25(38-4)23(15-18)37-3/h7-12,14-15,21H,5-6,13,16-17H2,1-4H3,(H,30,31,32,33). The van der Waals surface area contributed by atoms with Crippen LogP contribution in [0.25, 0.3) is 11.2 Å². The van der Waals surface area contributed by atoms with E-state index in [2.05, 4.69) is 20.2 Å². The lowest BCUT2D eigenvalue weighted by Crippen LogP contribution is -2.33. The number of hydrogen-bond donors (Lipinski definition) is 1. The van der Waals surface area contributed by atoms with Crippen molar-refractivity contribution in [2.24, 2.45) is 0 Å². The summed E-state index contributed by atoms with van der Waals surface area (Å²) in [6.45, 7) is 1.83. The van der Waals surface area contributed by atoms with Gasteiger partial charge in [0.2, 0.25) is 11.7 Å². The Morgan fingerprint density at radius 2 is 1.67 bits per heavy atom. The zero-order valence-electron chi connectivity index (χ0n) is 22.5. The topological polar surface area (TPSA) is 113 Å². The zero-order chi connectivity index (χ0) is 27.2. The van der Waals surface area contributed by atoms with Gasteiger partial charge in [-0.25, -0.2) is 9.97 Å². The molecule has 39 heavy (non-hydrogen) atoms. The van der Waals surface area contributed by atoms with Gasteiger partial charge in [0.1, 0.15) is 5.75 Å². The lowest BCUT2D eigenvalue weighted by Gasteiger charge is -2.27. The maximum Gasteiger partial charge on any atom is 0.229 e. The van der Waals surface area contributed by atoms with E-state index in [-0.39, 0.29) is 6.10 Å². The largest absolute Gasteiger partial charge is 0.497 e. The Morgan fingerprint density at radius 1 is 0.923 bits per heavy atom. The van der Waals surface area contributed by atoms with Gasteiger partial charge >= 0.3 is 0 Å². The van der Waals surface area contributed by atoms with Crippen LogP contribution in [0.15, 0.2) is 48.8 Å². The maximum absolute atomic E-state index is 5.98. The predicted octanol–water partition coefficient (Wildman–Crippen LogP) is 4.38. The van der Waals surface area contributed by atoms with Crippen molar-refractivity contribution in [3.05, 3.63) is 54.4 Å². The molecule has 1 aliphatic heterocycles. The molecule has 1 fully saturated rings. The normalized spacial score (nSPS) is 14.7. The first-order valence-electron chi connectivity index (χ1n) is 12.7. The second kappa shape index (κ2) is 12.0. The van der Waals surface area contributed by atoms with Crippen molar-refractivity contribution in [3.8, 4) is 23.0 Å². The van der Waals surface area contributed by atoms with Crippen molar-refractivity contribution >= 4 is 28.6 Å². The minimum absolute atomic E-state index is 0.0613. The molecule has 204 valence electrons. The van der Waals surface area contributed by atoms with Crippen LogP contribution >= 0.6 is 0 Å². The second-order valence-corrected chi connectivity index (χ2v) is 9.00. The summed E-state index contributed by atoms with van der Waals surface area (Å²) in [5.74, 6) is 3.52. The van der Waals surface area contributed by atoms with Crippen LogP contribution in [0.3, 0.4) is 0 Å². The van der Waals surface area contributed by atoms with Crippen molar-refractivity contribution in [2.75, 3.05) is 51.8 Å². The van der Waals surface area contributed by atoms with Crippen LogP contribution in [-0.4, -0.2) is 67.6 Å². The van der Waals surface area contributed by atoms with E-state index in [9.17, 15) is 0 Å². The molecular formula is C28H32N6O5. The third kappa shape index (κ3) is 5.88. The number of rotatable bonds is 11. The second-order valence-electron chi connectivity index (χ2n) is 9.00. The first kappa shape index (κ1) is 26.2. The van der Waals surface area contributed by atoms with E-state index >= 15 is 0 Å². The van der Waals surface area contributed by atoms with Crippen molar-refractivity contribution in [1.82, 2.24) is 19.9 Å². The molecule has 0 aliphatic carbocycles. The first-order valence-corrected chi connectivity index (χ1v) is 12.7. The molecule has 1 aliphatic rings. The summed E-state index contributed by atoms with van der Waals surface area (Å²) in [5.41, 5.74) is 2.83. The van der Waals surface area contributed by atoms with E-state index in [1.165, 1.54) is 0 Å². The van der Waals surface area contributed by atoms with Gasteiger partial charge in [-0.05, 0) is 54.8 Å². The zero-order valence-corrected chi connectivity index (χ0v) is 22.5. The number of fused-ring (bicyclic) bond motifs is 1. The van der Waals surface area contributed by atoms with Crippen molar-refractivity contribution in [2.45, 2.75) is 25.5 Å². The monoisotopic (exact) mass is 532 g/mol. The van der Waals surface area contributed by atoms with Crippen LogP contribution in [0.1, 0.15) is 18.4 Å². The average molecular weight is 533 g/mol. The van der Waals surface area contributed by atoms with Crippen molar-refractivity contribution in [1.29, 1.82) is 0 Å². The summed E-state index contributed by atoms with van der Waals surface area (Å²) in [4.78, 5) is 20.8. The van der Waals surface area contributed by atoms with Crippen LogP contribution < -0.4 is 29.2 Å². The van der Waals surface area contributed by atoms with Crippen molar-refractivity contribution < 1.29 is 23.7 Å². The Balaban J connectivity index is 1.55. The van der Waals surface area contributed by atoms with Crippen molar-refractivity contribution in [3.63, 3.8) is 0 Å². The number of methoxy groups -OCH3 is 4. The molecule has 4 aromatic rings. The number of ether oxygens (including phenoxy) is 5. The van der Waals surface area contributed by atoms with E-state index < -0.39 is 0 Å². The number of anilines is 3. The molecule has 11 nitrogen and oxygen atoms in total. The van der Waals surface area contributed by atoms with Gasteiger partial charge in [0, 0.05) is 37.8 Å². The van der Waals surface area contributed by atoms with E-state index in [0.29, 0.717) is 53.3 Å². The number of nitrogens with one attached hydrogen (secondary N) is 1. The molecular weight excluding hydrogens is 500 g/mol. The molecule has 1 saturated heterocycles. The fourth-order valence-electron chi connectivity index (χ4n) is 4.59. The molecule has 1 unspecified atom stereocenters. The highest BCUT2D eigenvalue weighted by atomic mass is 16.5. The van der Waals surface area contributed by atoms with E-state index in [1.54, 1.807) is 40.8 Å². The van der Waals surface area contributed by atoms with E-state index in [0.717, 1.165) is 36.4 Å². The van der Waals surface area contributed by atoms with Gasteiger partial charge < -0.3 is 33.9 Å². The molecule has 11 heteroatoms. The Hall–Kier alpha value is -4.38. The molecule has 1 atom stereocenters. The predicted molar refractivity (Wildman–Crippen MR) is 148 cm³/mol. The molecule has 0 saturated carbocycles. The third-order valence-electron chi connectivity index (χ3n) is 6.50. The summed E-state index contributed by atoms with van der Waals surface area (Å²) >= 11 is 0. The van der Waals surface area contributed by atoms with Gasteiger partial charge in [0.15, 0.2) is 28.5 Å². The molecule has 0 radical (unpaired) electrons. The Labute approximate surface area is 227 Å². The summed E-state index contributed by atoms with van der Waals surface area (Å²) < 4.78 is 27.9. The highest BCUT2D eigenvalue weighted by Gasteiger charge is 2.24. The maximum atomic E-state index is 5.98. The molecule has 5 rings (SSSR count). The van der Waals surface area contributed by atoms with Crippen LogP contribution in [0, 0.1) is 0 Å². The average Bonchev–Trinajstić information content (AvgIpc) is 3.49. The minimum Gasteiger partial charge on any atom is -0.497 e. The van der Waals surface area contributed by atoms with Gasteiger partial charge in [-0.2, -0.15) is 9.97 Å². The lowest BCUT2D eigenvalue weighted by atomic mass is 10.1. The van der Waals surface area contributed by atoms with Gasteiger partial charge in [-0.15, -0.1) is 0 Å². The molecule has 1 N–H and O–H groups in total. The van der Waals surface area contributed by atoms with Gasteiger partial charge in [0.25, 0.3) is 0 Å². The Kier molecular flexibility index (Phi) is 8.07. The van der Waals surface area contributed by atoms with Crippen LogP contribution in [0.4, 0.5) is 17.5 Å². The summed E-state index contributed by atoms with van der Waals surface area (Å²) in [6.07, 6.45) is 5.31. The molecule has 0 amide bonds. The number of benzene rings is 2. The SMILES string of the molecule is COc1ccc(Nc2nc(N(Cc3cc(OC)c(OC)c(OC)c3)CC3CCCO3)nc3nccnc23)cc1. The van der Waals surface area contributed by atoms with Crippen LogP contribution in [0.2, 0.25) is 0 Å². The highest BCUT2D eigenvalue weighted by molar-refractivity contribution is 5.85. The Morgan fingerprint density at radius 3 is 2.31 bits per heavy atom. The number of aromatic nitrogens is 4. The quantitative estimate of drug-likeness (QED) is 0.297. The van der Waals surface area contributed by atoms with Gasteiger partial charge in [0.05, 0.1) is 34.5 Å². The first-order chi connectivity index (χ1) is 19.1. The molecule has 3 heterocycles. The highest BCUT2D eigenvalue weighted by Crippen LogP contribution is 2.39. The molecule has 2 aromatic heterocycles. The Bertz CT molecular complexity index is 1390. The molecule has 2 aromatic carbocycles. The summed E-state index contributed by atoms with van der Waals surface area (Å²) in [6, 6.07) is 11.5. The summed E-state index contributed by atoms with van der Waals surface area (Å²) in [5, 5.41) is 3.38. The summed E-state index contributed by atoms with van der Waals surface area (Å²) in [7, 11) is 6.44. The fraction of sp³-hybridized carbons (Fsp3) is 0.357. The minimum atomic E-state index is 0.0613. The van der Waals surface area contributed by atoms with Crippen LogP contribution in [-0.2, 0) is 11.3 Å². The molecule has 0 spiro atoms. The molecule has 0 bridgehead atoms. The smallest absolute Gasteiger partial charge is 0.229 e. The third-order valence-corrected chi connectivity index (χ3v) is 6.50. The number of hydrogen-bond acceptors (Lipinski definition) is 11. The lowest BCUT2D eigenvalue weighted by molar-refractivity contribution is 0.115. The van der Waals surface area contributed by atoms with E-state index in [4.69, 9.17) is 33.7 Å². The van der Waals surface area contributed by atoms with Gasteiger partial charge in [-0.3, -0.25) is 0 Å².